The molecule has 0 saturated carbocycles. The van der Waals surface area contributed by atoms with E-state index in [9.17, 15) is 9.59 Å². The summed E-state index contributed by atoms with van der Waals surface area (Å²) in [5, 5.41) is 5.75. The third kappa shape index (κ3) is 4.69. The first-order chi connectivity index (χ1) is 11.5. The fraction of sp³-hybridized carbons (Fsp3) is 0.529. The van der Waals surface area contributed by atoms with Crippen LogP contribution in [0.1, 0.15) is 16.8 Å². The van der Waals surface area contributed by atoms with Crippen molar-refractivity contribution < 1.29 is 14.3 Å². The number of likely N-dealkylation sites (N-methyl/N-ethyl adjacent to an activating group) is 1. The first-order valence-corrected chi connectivity index (χ1v) is 8.15. The lowest BCUT2D eigenvalue weighted by atomic mass is 10.1. The molecule has 1 saturated heterocycles. The maximum atomic E-state index is 12.7. The fourth-order valence-corrected chi connectivity index (χ4v) is 2.58. The molecule has 0 aliphatic carbocycles. The van der Waals surface area contributed by atoms with Crippen molar-refractivity contribution >= 4 is 17.5 Å². The normalized spacial score (nSPS) is 15.2. The summed E-state index contributed by atoms with van der Waals surface area (Å²) >= 11 is 0. The van der Waals surface area contributed by atoms with Crippen molar-refractivity contribution in [3.63, 3.8) is 0 Å². The summed E-state index contributed by atoms with van der Waals surface area (Å²) in [5.41, 5.74) is 1.09. The van der Waals surface area contributed by atoms with Gasteiger partial charge in [0.1, 0.15) is 5.75 Å². The lowest BCUT2D eigenvalue weighted by Gasteiger charge is -2.32. The molecule has 1 fully saturated rings. The van der Waals surface area contributed by atoms with Crippen LogP contribution < -0.4 is 15.4 Å². The largest absolute Gasteiger partial charge is 0.495 e. The Morgan fingerprint density at radius 3 is 2.54 bits per heavy atom. The van der Waals surface area contributed by atoms with Crippen LogP contribution in [0.15, 0.2) is 18.2 Å². The molecule has 7 nitrogen and oxygen atoms in total. The summed E-state index contributed by atoms with van der Waals surface area (Å²) < 4.78 is 5.28. The molecular formula is C17H26N4O3. The minimum absolute atomic E-state index is 0.0172. The molecule has 1 aliphatic heterocycles. The summed E-state index contributed by atoms with van der Waals surface area (Å²) in [5.74, 6) is 0.408. The van der Waals surface area contributed by atoms with Crippen molar-refractivity contribution in [2.24, 2.45) is 0 Å². The number of hydrogen-bond donors (Lipinski definition) is 2. The Kier molecular flexibility index (Phi) is 6.57. The van der Waals surface area contributed by atoms with Crippen LogP contribution in [0.2, 0.25) is 0 Å². The van der Waals surface area contributed by atoms with E-state index in [1.807, 2.05) is 11.9 Å². The summed E-state index contributed by atoms with van der Waals surface area (Å²) in [6, 6.07) is 5.15. The van der Waals surface area contributed by atoms with E-state index in [0.717, 1.165) is 13.1 Å². The number of nitrogens with zero attached hydrogens (tertiary/aromatic N) is 2. The Morgan fingerprint density at radius 1 is 1.21 bits per heavy atom. The molecule has 0 aromatic heterocycles. The zero-order chi connectivity index (χ0) is 17.5. The van der Waals surface area contributed by atoms with Crippen LogP contribution in [0.3, 0.4) is 0 Å². The van der Waals surface area contributed by atoms with E-state index in [1.165, 1.54) is 0 Å². The highest BCUT2D eigenvalue weighted by atomic mass is 16.5. The van der Waals surface area contributed by atoms with Crippen molar-refractivity contribution in [1.29, 1.82) is 0 Å². The standard InChI is InChI=1S/C17H26N4O3/c1-18-7-6-16(22)19-14-12-13(4-5-15(14)24-3)17(23)21-10-8-20(2)9-11-21/h4-5,12,18H,6-11H2,1-3H3,(H,19,22). The molecule has 2 rings (SSSR count). The molecule has 2 N–H and O–H groups in total. The number of methoxy groups -OCH3 is 1. The SMILES string of the molecule is CNCCC(=O)Nc1cc(C(=O)N2CCN(C)CC2)ccc1OC. The quantitative estimate of drug-likeness (QED) is 0.798. The average molecular weight is 334 g/mol. The van der Waals surface area contributed by atoms with E-state index in [2.05, 4.69) is 15.5 Å². The molecule has 0 unspecified atom stereocenters. The number of rotatable bonds is 6. The van der Waals surface area contributed by atoms with Crippen molar-refractivity contribution in [1.82, 2.24) is 15.1 Å². The van der Waals surface area contributed by atoms with Gasteiger partial charge in [-0.1, -0.05) is 0 Å². The first-order valence-electron chi connectivity index (χ1n) is 8.15. The van der Waals surface area contributed by atoms with Crippen LogP contribution in [-0.2, 0) is 4.79 Å². The number of hydrogen-bond acceptors (Lipinski definition) is 5. The number of carbonyl (C=O) groups excluding carboxylic acids is 2. The first kappa shape index (κ1) is 18.2. The molecule has 0 spiro atoms. The van der Waals surface area contributed by atoms with Gasteiger partial charge in [-0.2, -0.15) is 0 Å². The van der Waals surface area contributed by atoms with Crippen molar-refractivity contribution in [2.75, 3.05) is 59.2 Å². The zero-order valence-electron chi connectivity index (χ0n) is 14.6. The number of carbonyl (C=O) groups is 2. The highest BCUT2D eigenvalue weighted by Crippen LogP contribution is 2.26. The number of ether oxygens (including phenoxy) is 1. The van der Waals surface area contributed by atoms with E-state index in [4.69, 9.17) is 4.74 Å². The van der Waals surface area contributed by atoms with Gasteiger partial charge in [-0.3, -0.25) is 9.59 Å². The van der Waals surface area contributed by atoms with Crippen molar-refractivity contribution in [3.05, 3.63) is 23.8 Å². The van der Waals surface area contributed by atoms with Gasteiger partial charge in [0, 0.05) is 44.7 Å². The Hall–Kier alpha value is -2.12. The maximum Gasteiger partial charge on any atom is 0.254 e. The topological polar surface area (TPSA) is 73.9 Å². The highest BCUT2D eigenvalue weighted by Gasteiger charge is 2.21. The van der Waals surface area contributed by atoms with Crippen LogP contribution in [-0.4, -0.2) is 75.5 Å². The molecule has 0 radical (unpaired) electrons. The van der Waals surface area contributed by atoms with E-state index < -0.39 is 0 Å². The Balaban J connectivity index is 2.12. The lowest BCUT2D eigenvalue weighted by Crippen LogP contribution is -2.47. The number of nitrogens with one attached hydrogen (secondary N) is 2. The number of amides is 2. The third-order valence-corrected chi connectivity index (χ3v) is 4.11. The molecule has 2 amide bonds. The number of anilines is 1. The van der Waals surface area contributed by atoms with E-state index in [-0.39, 0.29) is 11.8 Å². The molecule has 0 atom stereocenters. The minimum atomic E-state index is -0.119. The van der Waals surface area contributed by atoms with Gasteiger partial charge in [-0.05, 0) is 32.3 Å². The molecule has 1 aromatic rings. The van der Waals surface area contributed by atoms with Crippen molar-refractivity contribution in [3.8, 4) is 5.75 Å². The second-order valence-electron chi connectivity index (χ2n) is 5.91. The van der Waals surface area contributed by atoms with Crippen LogP contribution in [0.4, 0.5) is 5.69 Å². The van der Waals surface area contributed by atoms with Crippen LogP contribution >= 0.6 is 0 Å². The Morgan fingerprint density at radius 2 is 1.92 bits per heavy atom. The molecular weight excluding hydrogens is 308 g/mol. The van der Waals surface area contributed by atoms with Crippen LogP contribution in [0, 0.1) is 0 Å². The Labute approximate surface area is 142 Å². The minimum Gasteiger partial charge on any atom is -0.495 e. The molecule has 0 bridgehead atoms. The van der Waals surface area contributed by atoms with Gasteiger partial charge in [0.2, 0.25) is 5.91 Å². The summed E-state index contributed by atoms with van der Waals surface area (Å²) in [6.45, 7) is 3.76. The van der Waals surface area contributed by atoms with Crippen LogP contribution in [0.25, 0.3) is 0 Å². The third-order valence-electron chi connectivity index (χ3n) is 4.11. The van der Waals surface area contributed by atoms with Gasteiger partial charge in [0.25, 0.3) is 5.91 Å². The van der Waals surface area contributed by atoms with Gasteiger partial charge >= 0.3 is 0 Å². The van der Waals surface area contributed by atoms with Gasteiger partial charge in [-0.15, -0.1) is 0 Å². The Bertz CT molecular complexity index is 583. The van der Waals surface area contributed by atoms with Crippen LogP contribution in [0.5, 0.6) is 5.75 Å². The maximum absolute atomic E-state index is 12.7. The molecule has 24 heavy (non-hydrogen) atoms. The van der Waals surface area contributed by atoms with Gasteiger partial charge in [-0.25, -0.2) is 0 Å². The second kappa shape index (κ2) is 8.65. The number of piperazine rings is 1. The van der Waals surface area contributed by atoms with Crippen molar-refractivity contribution in [2.45, 2.75) is 6.42 Å². The lowest BCUT2D eigenvalue weighted by molar-refractivity contribution is -0.116. The van der Waals surface area contributed by atoms with E-state index in [0.29, 0.717) is 43.1 Å². The van der Waals surface area contributed by atoms with Gasteiger partial charge in [0.15, 0.2) is 0 Å². The average Bonchev–Trinajstić information content (AvgIpc) is 2.60. The van der Waals surface area contributed by atoms with E-state index in [1.54, 1.807) is 32.4 Å². The van der Waals surface area contributed by atoms with E-state index >= 15 is 0 Å². The highest BCUT2D eigenvalue weighted by molar-refractivity contribution is 5.98. The predicted molar refractivity (Wildman–Crippen MR) is 93.6 cm³/mol. The summed E-state index contributed by atoms with van der Waals surface area (Å²) in [4.78, 5) is 28.7. The summed E-state index contributed by atoms with van der Waals surface area (Å²) in [6.07, 6.45) is 0.357. The summed E-state index contributed by atoms with van der Waals surface area (Å²) in [7, 11) is 5.39. The number of benzene rings is 1. The molecule has 1 heterocycles. The van der Waals surface area contributed by atoms with Gasteiger partial charge in [0.05, 0.1) is 12.8 Å². The molecule has 1 aliphatic rings. The predicted octanol–water partition coefficient (Wildman–Crippen LogP) is 0.631. The smallest absolute Gasteiger partial charge is 0.254 e. The molecule has 7 heteroatoms. The fourth-order valence-electron chi connectivity index (χ4n) is 2.58. The monoisotopic (exact) mass is 334 g/mol. The second-order valence-corrected chi connectivity index (χ2v) is 5.91. The van der Waals surface area contributed by atoms with Gasteiger partial charge < -0.3 is 25.2 Å². The molecule has 1 aromatic carbocycles. The molecule has 132 valence electrons. The zero-order valence-corrected chi connectivity index (χ0v) is 14.6.